The number of likely N-dealkylation sites (tertiary alicyclic amines) is 1. The van der Waals surface area contributed by atoms with Crippen LogP contribution in [0.5, 0.6) is 0 Å². The van der Waals surface area contributed by atoms with Gasteiger partial charge in [0, 0.05) is 26.3 Å². The highest BCUT2D eigenvalue weighted by molar-refractivity contribution is 5.80. The zero-order chi connectivity index (χ0) is 16.8. The van der Waals surface area contributed by atoms with Crippen LogP contribution in [-0.4, -0.2) is 41.0 Å². The lowest BCUT2D eigenvalue weighted by molar-refractivity contribution is 0.115. The number of piperidine rings is 1. The Balaban J connectivity index is 1.62. The second-order valence-electron chi connectivity index (χ2n) is 7.44. The molecule has 1 aromatic rings. The summed E-state index contributed by atoms with van der Waals surface area (Å²) in [7, 11) is 1.89. The second-order valence-corrected chi connectivity index (χ2v) is 7.44. The van der Waals surface area contributed by atoms with Crippen LogP contribution in [0.2, 0.25) is 0 Å². The molecule has 1 saturated carbocycles. The second kappa shape index (κ2) is 7.95. The van der Waals surface area contributed by atoms with Crippen LogP contribution in [0.4, 0.5) is 0 Å². The van der Waals surface area contributed by atoms with Gasteiger partial charge in [-0.15, -0.1) is 0 Å². The summed E-state index contributed by atoms with van der Waals surface area (Å²) in [6.07, 6.45) is 12.9. The number of nitrogens with one attached hydrogen (secondary N) is 1. The molecule has 5 heteroatoms. The fourth-order valence-electron chi connectivity index (χ4n) is 4.38. The standard InChI is InChI=1S/C19H31N5/c1-16-21-12-8-17(23-16)14-22-18(20-2)24-13-7-11-19(15-24)9-5-3-4-6-10-19/h8,12H,3-7,9-11,13-15H2,1-2H3,(H,20,22). The Kier molecular flexibility index (Phi) is 5.69. The third kappa shape index (κ3) is 4.25. The first-order chi connectivity index (χ1) is 11.7. The summed E-state index contributed by atoms with van der Waals surface area (Å²) in [5.74, 6) is 1.84. The molecule has 1 saturated heterocycles. The van der Waals surface area contributed by atoms with Crippen LogP contribution in [0.15, 0.2) is 17.3 Å². The summed E-state index contributed by atoms with van der Waals surface area (Å²) >= 11 is 0. The highest BCUT2D eigenvalue weighted by Crippen LogP contribution is 2.42. The van der Waals surface area contributed by atoms with Crippen molar-refractivity contribution in [2.24, 2.45) is 10.4 Å². The topological polar surface area (TPSA) is 53.4 Å². The number of aromatic nitrogens is 2. The molecule has 3 rings (SSSR count). The number of aryl methyl sites for hydroxylation is 1. The van der Waals surface area contributed by atoms with E-state index in [9.17, 15) is 0 Å². The molecule has 1 spiro atoms. The zero-order valence-electron chi connectivity index (χ0n) is 15.2. The van der Waals surface area contributed by atoms with E-state index in [1.807, 2.05) is 26.2 Å². The van der Waals surface area contributed by atoms with Crippen molar-refractivity contribution in [3.8, 4) is 0 Å². The predicted octanol–water partition coefficient (Wildman–Crippen LogP) is 3.30. The maximum Gasteiger partial charge on any atom is 0.193 e. The van der Waals surface area contributed by atoms with Crippen LogP contribution in [-0.2, 0) is 6.54 Å². The third-order valence-corrected chi connectivity index (χ3v) is 5.60. The van der Waals surface area contributed by atoms with Gasteiger partial charge < -0.3 is 10.2 Å². The van der Waals surface area contributed by atoms with E-state index in [1.165, 1.54) is 51.4 Å². The van der Waals surface area contributed by atoms with Crippen molar-refractivity contribution in [2.75, 3.05) is 20.1 Å². The lowest BCUT2D eigenvalue weighted by Gasteiger charge is -2.44. The van der Waals surface area contributed by atoms with E-state index in [4.69, 9.17) is 0 Å². The van der Waals surface area contributed by atoms with Crippen molar-refractivity contribution in [2.45, 2.75) is 64.8 Å². The molecule has 2 fully saturated rings. The van der Waals surface area contributed by atoms with Gasteiger partial charge in [-0.3, -0.25) is 4.99 Å². The lowest BCUT2D eigenvalue weighted by Crippen LogP contribution is -2.50. The van der Waals surface area contributed by atoms with Crippen LogP contribution in [0.1, 0.15) is 62.9 Å². The molecule has 2 heterocycles. The highest BCUT2D eigenvalue weighted by atomic mass is 15.3. The fourth-order valence-corrected chi connectivity index (χ4v) is 4.38. The summed E-state index contributed by atoms with van der Waals surface area (Å²) in [6, 6.07) is 1.97. The molecule has 2 aliphatic rings. The Morgan fingerprint density at radius 2 is 1.96 bits per heavy atom. The molecule has 1 N–H and O–H groups in total. The normalized spacial score (nSPS) is 21.6. The molecule has 0 amide bonds. The van der Waals surface area contributed by atoms with E-state index in [2.05, 4.69) is 25.2 Å². The van der Waals surface area contributed by atoms with Crippen molar-refractivity contribution >= 4 is 5.96 Å². The van der Waals surface area contributed by atoms with Crippen molar-refractivity contribution in [3.05, 3.63) is 23.8 Å². The van der Waals surface area contributed by atoms with Gasteiger partial charge in [-0.2, -0.15) is 0 Å². The molecule has 132 valence electrons. The average molecular weight is 329 g/mol. The zero-order valence-corrected chi connectivity index (χ0v) is 15.2. The Morgan fingerprint density at radius 3 is 2.67 bits per heavy atom. The Hall–Kier alpha value is -1.65. The van der Waals surface area contributed by atoms with Gasteiger partial charge in [0.2, 0.25) is 0 Å². The number of hydrogen-bond acceptors (Lipinski definition) is 3. The van der Waals surface area contributed by atoms with Crippen molar-refractivity contribution in [1.82, 2.24) is 20.2 Å². The summed E-state index contributed by atoms with van der Waals surface area (Å²) in [6.45, 7) is 4.91. The first kappa shape index (κ1) is 17.2. The van der Waals surface area contributed by atoms with E-state index in [0.29, 0.717) is 12.0 Å². The summed E-state index contributed by atoms with van der Waals surface area (Å²) in [5.41, 5.74) is 1.54. The van der Waals surface area contributed by atoms with Gasteiger partial charge >= 0.3 is 0 Å². The average Bonchev–Trinajstić information content (AvgIpc) is 2.81. The number of nitrogens with zero attached hydrogens (tertiary/aromatic N) is 4. The minimum atomic E-state index is 0.526. The van der Waals surface area contributed by atoms with Crippen LogP contribution in [0, 0.1) is 12.3 Å². The largest absolute Gasteiger partial charge is 0.351 e. The molecule has 0 bridgehead atoms. The fraction of sp³-hybridized carbons (Fsp3) is 0.737. The van der Waals surface area contributed by atoms with Crippen LogP contribution >= 0.6 is 0 Å². The van der Waals surface area contributed by atoms with Gasteiger partial charge in [-0.1, -0.05) is 25.7 Å². The van der Waals surface area contributed by atoms with Crippen molar-refractivity contribution in [1.29, 1.82) is 0 Å². The Bertz CT molecular complexity index is 561. The SMILES string of the molecule is CN=C(NCc1ccnc(C)n1)N1CCCC2(CCCCCC2)C1. The quantitative estimate of drug-likeness (QED) is 0.668. The van der Waals surface area contributed by atoms with E-state index < -0.39 is 0 Å². The van der Waals surface area contributed by atoms with Crippen LogP contribution in [0.25, 0.3) is 0 Å². The summed E-state index contributed by atoms with van der Waals surface area (Å²) in [4.78, 5) is 15.7. The van der Waals surface area contributed by atoms with Gasteiger partial charge in [0.1, 0.15) is 5.82 Å². The molecule has 24 heavy (non-hydrogen) atoms. The van der Waals surface area contributed by atoms with E-state index in [-0.39, 0.29) is 0 Å². The maximum absolute atomic E-state index is 4.54. The minimum absolute atomic E-state index is 0.526. The van der Waals surface area contributed by atoms with Crippen molar-refractivity contribution < 1.29 is 0 Å². The first-order valence-electron chi connectivity index (χ1n) is 9.45. The van der Waals surface area contributed by atoms with Gasteiger partial charge in [0.05, 0.1) is 12.2 Å². The third-order valence-electron chi connectivity index (χ3n) is 5.60. The molecule has 1 aliphatic heterocycles. The Morgan fingerprint density at radius 1 is 1.21 bits per heavy atom. The van der Waals surface area contributed by atoms with E-state index in [1.54, 1.807) is 0 Å². The highest BCUT2D eigenvalue weighted by Gasteiger charge is 2.36. The predicted molar refractivity (Wildman–Crippen MR) is 97.9 cm³/mol. The number of hydrogen-bond donors (Lipinski definition) is 1. The summed E-state index contributed by atoms with van der Waals surface area (Å²) in [5, 5.41) is 3.51. The Labute approximate surface area is 146 Å². The van der Waals surface area contributed by atoms with E-state index in [0.717, 1.165) is 30.6 Å². The minimum Gasteiger partial charge on any atom is -0.351 e. The monoisotopic (exact) mass is 329 g/mol. The molecular weight excluding hydrogens is 298 g/mol. The number of aliphatic imine (C=N–C) groups is 1. The van der Waals surface area contributed by atoms with Crippen molar-refractivity contribution in [3.63, 3.8) is 0 Å². The van der Waals surface area contributed by atoms with Crippen LogP contribution < -0.4 is 5.32 Å². The van der Waals surface area contributed by atoms with E-state index >= 15 is 0 Å². The molecule has 1 aliphatic carbocycles. The molecule has 0 aromatic carbocycles. The molecule has 0 atom stereocenters. The lowest BCUT2D eigenvalue weighted by atomic mass is 9.74. The molecule has 5 nitrogen and oxygen atoms in total. The smallest absolute Gasteiger partial charge is 0.193 e. The van der Waals surface area contributed by atoms with Gasteiger partial charge in [0.25, 0.3) is 0 Å². The molecule has 0 radical (unpaired) electrons. The van der Waals surface area contributed by atoms with Crippen LogP contribution in [0.3, 0.4) is 0 Å². The first-order valence-corrected chi connectivity index (χ1v) is 9.45. The van der Waals surface area contributed by atoms with Gasteiger partial charge in [-0.05, 0) is 44.1 Å². The summed E-state index contributed by atoms with van der Waals surface area (Å²) < 4.78 is 0. The van der Waals surface area contributed by atoms with Gasteiger partial charge in [-0.25, -0.2) is 9.97 Å². The maximum atomic E-state index is 4.54. The number of rotatable bonds is 2. The molecule has 1 aromatic heterocycles. The molecule has 0 unspecified atom stereocenters. The molecular formula is C19H31N5. The van der Waals surface area contributed by atoms with Gasteiger partial charge in [0.15, 0.2) is 5.96 Å². The number of guanidine groups is 1.